The van der Waals surface area contributed by atoms with E-state index in [1.54, 1.807) is 0 Å². The second-order valence-electron chi connectivity index (χ2n) is 6.61. The Balaban J connectivity index is 1.60. The molecule has 0 radical (unpaired) electrons. The van der Waals surface area contributed by atoms with Gasteiger partial charge in [0, 0.05) is 24.0 Å². The van der Waals surface area contributed by atoms with Crippen LogP contribution >= 0.6 is 0 Å². The number of carbonyl (C=O) groups excluding carboxylic acids is 1. The Kier molecular flexibility index (Phi) is 4.44. The minimum atomic E-state index is -0.488. The van der Waals surface area contributed by atoms with Crippen molar-refractivity contribution < 1.29 is 9.53 Å². The molecule has 132 valence electrons. The van der Waals surface area contributed by atoms with Crippen LogP contribution in [0.5, 0.6) is 5.75 Å². The van der Waals surface area contributed by atoms with Gasteiger partial charge in [0.05, 0.1) is 0 Å². The summed E-state index contributed by atoms with van der Waals surface area (Å²) >= 11 is 0. The summed E-state index contributed by atoms with van der Waals surface area (Å²) in [4.78, 5) is 15.5. The van der Waals surface area contributed by atoms with Gasteiger partial charge in [-0.1, -0.05) is 36.4 Å². The number of fused-ring (bicyclic) bond motifs is 1. The van der Waals surface area contributed by atoms with Crippen molar-refractivity contribution in [3.8, 4) is 17.1 Å². The molecule has 1 aliphatic rings. The van der Waals surface area contributed by atoms with Gasteiger partial charge in [-0.15, -0.1) is 0 Å². The summed E-state index contributed by atoms with van der Waals surface area (Å²) in [5, 5.41) is 0. The molecule has 2 aromatic carbocycles. The number of nitrogens with zero attached hydrogens (tertiary/aromatic N) is 2. The molecule has 4 rings (SSSR count). The third-order valence-corrected chi connectivity index (χ3v) is 4.86. The van der Waals surface area contributed by atoms with Gasteiger partial charge in [-0.25, -0.2) is 4.98 Å². The fourth-order valence-electron chi connectivity index (χ4n) is 3.63. The maximum absolute atomic E-state index is 10.9. The van der Waals surface area contributed by atoms with Gasteiger partial charge < -0.3 is 15.0 Å². The Hall–Kier alpha value is -3.08. The molecule has 0 unspecified atom stereocenters. The highest BCUT2D eigenvalue weighted by Gasteiger charge is 2.22. The van der Waals surface area contributed by atoms with Crippen molar-refractivity contribution in [3.63, 3.8) is 0 Å². The number of primary amides is 1. The van der Waals surface area contributed by atoms with E-state index in [4.69, 9.17) is 10.5 Å². The second-order valence-corrected chi connectivity index (χ2v) is 6.61. The summed E-state index contributed by atoms with van der Waals surface area (Å²) in [6.07, 6.45) is 7.08. The van der Waals surface area contributed by atoms with Crippen molar-refractivity contribution in [1.82, 2.24) is 9.55 Å². The third-order valence-electron chi connectivity index (χ3n) is 4.86. The summed E-state index contributed by atoms with van der Waals surface area (Å²) in [6.45, 7) is -0.128. The Morgan fingerprint density at radius 2 is 2.04 bits per heavy atom. The van der Waals surface area contributed by atoms with Crippen molar-refractivity contribution >= 4 is 5.91 Å². The van der Waals surface area contributed by atoms with Gasteiger partial charge in [0.15, 0.2) is 6.61 Å². The molecule has 1 atom stereocenters. The van der Waals surface area contributed by atoms with E-state index in [1.807, 2.05) is 36.7 Å². The van der Waals surface area contributed by atoms with Crippen LogP contribution in [-0.2, 0) is 17.6 Å². The molecule has 0 saturated heterocycles. The molecule has 0 fully saturated rings. The monoisotopic (exact) mass is 347 g/mol. The Labute approximate surface area is 152 Å². The van der Waals surface area contributed by atoms with E-state index < -0.39 is 5.91 Å². The maximum Gasteiger partial charge on any atom is 0.255 e. The van der Waals surface area contributed by atoms with E-state index in [-0.39, 0.29) is 6.61 Å². The summed E-state index contributed by atoms with van der Waals surface area (Å²) in [5.74, 6) is 1.04. The number of hydrogen-bond donors (Lipinski definition) is 1. The predicted molar refractivity (Wildman–Crippen MR) is 99.9 cm³/mol. The van der Waals surface area contributed by atoms with Crippen LogP contribution in [0.25, 0.3) is 11.4 Å². The van der Waals surface area contributed by atoms with Gasteiger partial charge >= 0.3 is 0 Å². The molecule has 0 spiro atoms. The molecular weight excluding hydrogens is 326 g/mol. The van der Waals surface area contributed by atoms with Gasteiger partial charge in [-0.05, 0) is 42.5 Å². The van der Waals surface area contributed by atoms with E-state index in [9.17, 15) is 4.79 Å². The zero-order valence-electron chi connectivity index (χ0n) is 14.5. The first-order chi connectivity index (χ1) is 12.7. The molecule has 0 saturated carbocycles. The predicted octanol–water partition coefficient (Wildman–Crippen LogP) is 3.14. The van der Waals surface area contributed by atoms with Gasteiger partial charge in [-0.3, -0.25) is 4.79 Å². The Bertz CT molecular complexity index is 932. The number of hydrogen-bond acceptors (Lipinski definition) is 3. The van der Waals surface area contributed by atoms with Crippen LogP contribution in [0.4, 0.5) is 0 Å². The fourth-order valence-corrected chi connectivity index (χ4v) is 3.63. The average molecular weight is 347 g/mol. The lowest BCUT2D eigenvalue weighted by atomic mass is 9.88. The average Bonchev–Trinajstić information content (AvgIpc) is 3.16. The van der Waals surface area contributed by atoms with E-state index >= 15 is 0 Å². The standard InChI is InChI=1S/C21H21N3O2/c22-20(25)14-26-19-7-3-6-17(13-19)21-23-10-11-24(21)18-9-8-15-4-1-2-5-16(15)12-18/h1-7,10-11,13,18H,8-9,12,14H2,(H2,22,25)/t18-/m0/s1. The number of nitrogens with two attached hydrogens (primary N) is 1. The van der Waals surface area contributed by atoms with Crippen molar-refractivity contribution in [2.45, 2.75) is 25.3 Å². The summed E-state index contributed by atoms with van der Waals surface area (Å²) < 4.78 is 7.68. The zero-order valence-corrected chi connectivity index (χ0v) is 14.5. The van der Waals surface area contributed by atoms with Crippen LogP contribution < -0.4 is 10.5 Å². The summed E-state index contributed by atoms with van der Waals surface area (Å²) in [5.41, 5.74) is 8.99. The molecule has 0 bridgehead atoms. The lowest BCUT2D eigenvalue weighted by Crippen LogP contribution is -2.20. The highest BCUT2D eigenvalue weighted by Crippen LogP contribution is 2.32. The molecule has 1 aliphatic carbocycles. The molecule has 0 aliphatic heterocycles. The SMILES string of the molecule is NC(=O)COc1cccc(-c2nccn2[C@H]2CCc3ccccc3C2)c1. The van der Waals surface area contributed by atoms with E-state index in [0.717, 1.165) is 30.7 Å². The maximum atomic E-state index is 10.9. The Morgan fingerprint density at radius 1 is 1.19 bits per heavy atom. The minimum Gasteiger partial charge on any atom is -0.484 e. The molecule has 26 heavy (non-hydrogen) atoms. The van der Waals surface area contributed by atoms with Crippen LogP contribution in [0.1, 0.15) is 23.6 Å². The third kappa shape index (κ3) is 3.33. The minimum absolute atomic E-state index is 0.128. The molecule has 1 aromatic heterocycles. The van der Waals surface area contributed by atoms with Gasteiger partial charge in [0.1, 0.15) is 11.6 Å². The number of rotatable bonds is 5. The largest absolute Gasteiger partial charge is 0.484 e. The Morgan fingerprint density at radius 3 is 2.88 bits per heavy atom. The lowest BCUT2D eigenvalue weighted by molar-refractivity contribution is -0.119. The summed E-state index contributed by atoms with van der Waals surface area (Å²) in [6, 6.07) is 16.7. The number of amides is 1. The smallest absolute Gasteiger partial charge is 0.255 e. The van der Waals surface area contributed by atoms with Gasteiger partial charge in [-0.2, -0.15) is 0 Å². The normalized spacial score (nSPS) is 16.1. The number of ether oxygens (including phenoxy) is 1. The first-order valence-corrected chi connectivity index (χ1v) is 8.82. The van der Waals surface area contributed by atoms with Gasteiger partial charge in [0.25, 0.3) is 5.91 Å². The van der Waals surface area contributed by atoms with Crippen LogP contribution in [0, 0.1) is 0 Å². The van der Waals surface area contributed by atoms with Gasteiger partial charge in [0.2, 0.25) is 0 Å². The number of benzene rings is 2. The topological polar surface area (TPSA) is 70.1 Å². The molecule has 3 aromatic rings. The van der Waals surface area contributed by atoms with Crippen molar-refractivity contribution in [2.75, 3.05) is 6.61 Å². The van der Waals surface area contributed by atoms with E-state index in [2.05, 4.69) is 33.8 Å². The van der Waals surface area contributed by atoms with E-state index in [0.29, 0.717) is 11.8 Å². The first-order valence-electron chi connectivity index (χ1n) is 8.82. The highest BCUT2D eigenvalue weighted by molar-refractivity contribution is 5.75. The lowest BCUT2D eigenvalue weighted by Gasteiger charge is -2.27. The second kappa shape index (κ2) is 7.04. The quantitative estimate of drug-likeness (QED) is 0.771. The zero-order chi connectivity index (χ0) is 17.9. The van der Waals surface area contributed by atoms with Crippen molar-refractivity contribution in [2.24, 2.45) is 5.73 Å². The highest BCUT2D eigenvalue weighted by atomic mass is 16.5. The number of carbonyl (C=O) groups is 1. The molecule has 1 heterocycles. The van der Waals surface area contributed by atoms with E-state index in [1.165, 1.54) is 11.1 Å². The molecule has 5 nitrogen and oxygen atoms in total. The fraction of sp³-hybridized carbons (Fsp3) is 0.238. The van der Waals surface area contributed by atoms with Crippen LogP contribution in [0.15, 0.2) is 60.9 Å². The van der Waals surface area contributed by atoms with Crippen LogP contribution in [-0.4, -0.2) is 22.1 Å². The molecule has 5 heteroatoms. The van der Waals surface area contributed by atoms with Crippen LogP contribution in [0.3, 0.4) is 0 Å². The number of aromatic nitrogens is 2. The van der Waals surface area contributed by atoms with Crippen molar-refractivity contribution in [1.29, 1.82) is 0 Å². The van der Waals surface area contributed by atoms with Crippen LogP contribution in [0.2, 0.25) is 0 Å². The molecular formula is C21H21N3O2. The first kappa shape index (κ1) is 16.4. The molecule has 2 N–H and O–H groups in total. The number of aryl methyl sites for hydroxylation is 1. The molecule has 1 amide bonds. The number of imidazole rings is 1. The summed E-state index contributed by atoms with van der Waals surface area (Å²) in [7, 11) is 0. The van der Waals surface area contributed by atoms with Crippen molar-refractivity contribution in [3.05, 3.63) is 72.1 Å².